The van der Waals surface area contributed by atoms with Gasteiger partial charge in [0.15, 0.2) is 5.76 Å². The Kier molecular flexibility index (Phi) is 7.45. The largest absolute Gasteiger partial charge is 0.459 e. The second-order valence-electron chi connectivity index (χ2n) is 7.30. The number of sulfonamides is 1. The molecule has 0 aliphatic rings. The number of hydrogen-bond donors (Lipinski definition) is 3. The predicted molar refractivity (Wildman–Crippen MR) is 121 cm³/mol. The zero-order valence-electron chi connectivity index (χ0n) is 17.8. The van der Waals surface area contributed by atoms with Gasteiger partial charge in [-0.2, -0.15) is 0 Å². The summed E-state index contributed by atoms with van der Waals surface area (Å²) in [6.07, 6.45) is 1.44. The minimum absolute atomic E-state index is 0.00115. The second kappa shape index (κ2) is 10.3. The normalized spacial score (nSPS) is 11.2. The number of amides is 2. The third-order valence-corrected chi connectivity index (χ3v) is 6.34. The van der Waals surface area contributed by atoms with Crippen molar-refractivity contribution in [3.05, 3.63) is 83.3 Å². The molecule has 9 heteroatoms. The van der Waals surface area contributed by atoms with E-state index in [-0.39, 0.29) is 42.0 Å². The molecule has 2 aromatic carbocycles. The summed E-state index contributed by atoms with van der Waals surface area (Å²) in [6, 6.07) is 15.1. The van der Waals surface area contributed by atoms with E-state index in [1.54, 1.807) is 54.6 Å². The molecule has 3 N–H and O–H groups in total. The molecule has 0 fully saturated rings. The van der Waals surface area contributed by atoms with Gasteiger partial charge >= 0.3 is 0 Å². The number of furan rings is 1. The Bertz CT molecular complexity index is 1190. The summed E-state index contributed by atoms with van der Waals surface area (Å²) in [6.45, 7) is 4.05. The molecule has 0 aliphatic carbocycles. The zero-order chi connectivity index (χ0) is 23.1. The first kappa shape index (κ1) is 23.2. The molecule has 168 valence electrons. The van der Waals surface area contributed by atoms with Crippen molar-refractivity contribution < 1.29 is 22.4 Å². The Morgan fingerprint density at radius 2 is 1.72 bits per heavy atom. The van der Waals surface area contributed by atoms with Crippen LogP contribution in [0.25, 0.3) is 0 Å². The van der Waals surface area contributed by atoms with E-state index in [1.807, 2.05) is 13.8 Å². The summed E-state index contributed by atoms with van der Waals surface area (Å²) in [5.41, 5.74) is 3.33. The summed E-state index contributed by atoms with van der Waals surface area (Å²) in [5.74, 6) is -0.406. The molecule has 0 unspecified atom stereocenters. The number of carbonyl (C=O) groups excluding carboxylic acids is 2. The van der Waals surface area contributed by atoms with Gasteiger partial charge in [0.25, 0.3) is 5.91 Å². The van der Waals surface area contributed by atoms with Crippen LogP contribution in [0.5, 0.6) is 0 Å². The van der Waals surface area contributed by atoms with Gasteiger partial charge in [0.05, 0.1) is 11.2 Å². The number of hydrogen-bond acceptors (Lipinski definition) is 5. The number of nitrogens with one attached hydrogen (secondary N) is 3. The van der Waals surface area contributed by atoms with Gasteiger partial charge in [-0.05, 0) is 66.9 Å². The lowest BCUT2D eigenvalue weighted by Gasteiger charge is -2.10. The van der Waals surface area contributed by atoms with Crippen molar-refractivity contribution >= 4 is 27.5 Å². The molecule has 32 heavy (non-hydrogen) atoms. The van der Waals surface area contributed by atoms with Crippen molar-refractivity contribution in [2.45, 2.75) is 31.7 Å². The lowest BCUT2D eigenvalue weighted by atomic mass is 10.1. The van der Waals surface area contributed by atoms with E-state index in [4.69, 9.17) is 4.42 Å². The Hall–Kier alpha value is -3.43. The lowest BCUT2D eigenvalue weighted by molar-refractivity contribution is -0.121. The first-order valence-corrected chi connectivity index (χ1v) is 11.5. The third kappa shape index (κ3) is 6.29. The molecule has 0 saturated carbocycles. The molecule has 2 amide bonds. The molecule has 1 aromatic heterocycles. The summed E-state index contributed by atoms with van der Waals surface area (Å²) in [5, 5.41) is 5.46. The number of aryl methyl sites for hydroxylation is 2. The highest BCUT2D eigenvalue weighted by atomic mass is 32.2. The molecule has 0 atom stereocenters. The van der Waals surface area contributed by atoms with Crippen molar-refractivity contribution in [2.24, 2.45) is 0 Å². The molecule has 1 heterocycles. The van der Waals surface area contributed by atoms with Gasteiger partial charge in [0.2, 0.25) is 15.9 Å². The van der Waals surface area contributed by atoms with Crippen molar-refractivity contribution in [3.8, 4) is 0 Å². The van der Waals surface area contributed by atoms with Crippen LogP contribution in [-0.2, 0) is 21.4 Å². The number of carbonyl (C=O) groups is 2. The van der Waals surface area contributed by atoms with Gasteiger partial charge in [-0.3, -0.25) is 9.59 Å². The average Bonchev–Trinajstić information content (AvgIpc) is 3.30. The maximum atomic E-state index is 12.4. The topological polar surface area (TPSA) is 118 Å². The summed E-state index contributed by atoms with van der Waals surface area (Å²) in [7, 11) is -3.66. The Balaban J connectivity index is 1.42. The van der Waals surface area contributed by atoms with Crippen LogP contribution in [-0.4, -0.2) is 26.8 Å². The van der Waals surface area contributed by atoms with Crippen LogP contribution in [0.2, 0.25) is 0 Å². The van der Waals surface area contributed by atoms with Crippen LogP contribution in [0, 0.1) is 13.8 Å². The number of anilines is 1. The van der Waals surface area contributed by atoms with Crippen LogP contribution >= 0.6 is 0 Å². The fraction of sp³-hybridized carbons (Fsp3) is 0.217. The second-order valence-corrected chi connectivity index (χ2v) is 9.07. The maximum Gasteiger partial charge on any atom is 0.291 e. The third-order valence-electron chi connectivity index (χ3n) is 4.88. The van der Waals surface area contributed by atoms with Crippen LogP contribution < -0.4 is 15.4 Å². The molecule has 3 rings (SSSR count). The monoisotopic (exact) mass is 455 g/mol. The van der Waals surface area contributed by atoms with Crippen molar-refractivity contribution in [2.75, 3.05) is 11.9 Å². The van der Waals surface area contributed by atoms with E-state index in [0.29, 0.717) is 5.69 Å². The Morgan fingerprint density at radius 3 is 2.38 bits per heavy atom. The predicted octanol–water partition coefficient (Wildman–Crippen LogP) is 3.13. The van der Waals surface area contributed by atoms with E-state index in [2.05, 4.69) is 15.4 Å². The lowest BCUT2D eigenvalue weighted by Crippen LogP contribution is -2.30. The highest BCUT2D eigenvalue weighted by molar-refractivity contribution is 7.89. The molecule has 0 aliphatic heterocycles. The molecule has 0 bridgehead atoms. The van der Waals surface area contributed by atoms with Gasteiger partial charge in [0, 0.05) is 25.2 Å². The minimum atomic E-state index is -3.66. The minimum Gasteiger partial charge on any atom is -0.459 e. The molecule has 0 saturated heterocycles. The molecular weight excluding hydrogens is 430 g/mol. The van der Waals surface area contributed by atoms with Crippen molar-refractivity contribution in [3.63, 3.8) is 0 Å². The van der Waals surface area contributed by atoms with Crippen LogP contribution in [0.1, 0.15) is 33.7 Å². The van der Waals surface area contributed by atoms with Gasteiger partial charge in [0.1, 0.15) is 0 Å². The van der Waals surface area contributed by atoms with Crippen LogP contribution in [0.4, 0.5) is 5.69 Å². The molecule has 0 radical (unpaired) electrons. The molecule has 8 nitrogen and oxygen atoms in total. The molecule has 0 spiro atoms. The van der Waals surface area contributed by atoms with Crippen molar-refractivity contribution in [1.29, 1.82) is 0 Å². The van der Waals surface area contributed by atoms with Gasteiger partial charge in [-0.15, -0.1) is 0 Å². The average molecular weight is 456 g/mol. The highest BCUT2D eigenvalue weighted by Crippen LogP contribution is 2.15. The molecule has 3 aromatic rings. The van der Waals surface area contributed by atoms with E-state index < -0.39 is 10.0 Å². The van der Waals surface area contributed by atoms with E-state index >= 15 is 0 Å². The van der Waals surface area contributed by atoms with Crippen LogP contribution in [0.3, 0.4) is 0 Å². The van der Waals surface area contributed by atoms with E-state index in [9.17, 15) is 18.0 Å². The summed E-state index contributed by atoms with van der Waals surface area (Å²) < 4.78 is 32.2. The maximum absolute atomic E-state index is 12.4. The quantitative estimate of drug-likeness (QED) is 0.458. The fourth-order valence-corrected chi connectivity index (χ4v) is 3.98. The first-order chi connectivity index (χ1) is 15.2. The summed E-state index contributed by atoms with van der Waals surface area (Å²) in [4.78, 5) is 24.2. The number of benzene rings is 2. The SMILES string of the molecule is Cc1ccc(S(=O)(=O)NCCC(=O)NCc2ccc(NC(=O)c3ccco3)cc2)cc1C. The fourth-order valence-electron chi connectivity index (χ4n) is 2.86. The standard InChI is InChI=1S/C23H25N3O5S/c1-16-5-10-20(14-17(16)2)32(29,30)25-12-11-22(27)24-15-18-6-8-19(9-7-18)26-23(28)21-4-3-13-31-21/h3-10,13-14,25H,11-12,15H2,1-2H3,(H,24,27)(H,26,28). The van der Waals surface area contributed by atoms with E-state index in [1.165, 1.54) is 6.26 Å². The smallest absolute Gasteiger partial charge is 0.291 e. The number of rotatable bonds is 9. The van der Waals surface area contributed by atoms with E-state index in [0.717, 1.165) is 16.7 Å². The molecular formula is C23H25N3O5S. The van der Waals surface area contributed by atoms with Gasteiger partial charge in [-0.25, -0.2) is 13.1 Å². The van der Waals surface area contributed by atoms with Gasteiger partial charge in [-0.1, -0.05) is 18.2 Å². The first-order valence-electron chi connectivity index (χ1n) is 10.0. The summed E-state index contributed by atoms with van der Waals surface area (Å²) >= 11 is 0. The Labute approximate surface area is 187 Å². The van der Waals surface area contributed by atoms with Gasteiger partial charge < -0.3 is 15.1 Å². The van der Waals surface area contributed by atoms with Crippen LogP contribution in [0.15, 0.2) is 70.2 Å². The highest BCUT2D eigenvalue weighted by Gasteiger charge is 2.15. The Morgan fingerprint density at radius 1 is 0.969 bits per heavy atom. The zero-order valence-corrected chi connectivity index (χ0v) is 18.7. The van der Waals surface area contributed by atoms with Crippen molar-refractivity contribution in [1.82, 2.24) is 10.0 Å².